The molecule has 2 rings (SSSR count). The maximum absolute atomic E-state index is 11.3. The summed E-state index contributed by atoms with van der Waals surface area (Å²) in [5, 5.41) is 9.26. The molecule has 1 saturated carbocycles. The summed E-state index contributed by atoms with van der Waals surface area (Å²) < 4.78 is 5.39. The second kappa shape index (κ2) is 6.23. The first-order chi connectivity index (χ1) is 9.00. The number of rotatable bonds is 4. The van der Waals surface area contributed by atoms with Crippen molar-refractivity contribution in [2.24, 2.45) is 17.8 Å². The fraction of sp³-hybridized carbons (Fsp3) is 0.933. The zero-order valence-electron chi connectivity index (χ0n) is 12.3. The fourth-order valence-corrected chi connectivity index (χ4v) is 3.63. The number of hydrogen-bond acceptors (Lipinski definition) is 3. The molecule has 4 atom stereocenters. The van der Waals surface area contributed by atoms with Gasteiger partial charge in [-0.3, -0.25) is 9.69 Å². The summed E-state index contributed by atoms with van der Waals surface area (Å²) in [7, 11) is 2.09. The van der Waals surface area contributed by atoms with Crippen LogP contribution in [-0.2, 0) is 9.53 Å². The van der Waals surface area contributed by atoms with E-state index in [9.17, 15) is 9.90 Å². The van der Waals surface area contributed by atoms with Crippen LogP contribution in [0, 0.1) is 17.8 Å². The smallest absolute Gasteiger partial charge is 0.310 e. The average molecular weight is 269 g/mol. The van der Waals surface area contributed by atoms with E-state index in [4.69, 9.17) is 4.74 Å². The third-order valence-electron chi connectivity index (χ3n) is 5.10. The normalized spacial score (nSPS) is 36.1. The predicted octanol–water partition coefficient (Wildman–Crippen LogP) is 2.23. The quantitative estimate of drug-likeness (QED) is 0.850. The van der Waals surface area contributed by atoms with Gasteiger partial charge < -0.3 is 9.84 Å². The van der Waals surface area contributed by atoms with Gasteiger partial charge in [0.05, 0.1) is 19.1 Å². The van der Waals surface area contributed by atoms with E-state index in [0.29, 0.717) is 19.3 Å². The van der Waals surface area contributed by atoms with Gasteiger partial charge in [-0.15, -0.1) is 0 Å². The van der Waals surface area contributed by atoms with Crippen molar-refractivity contribution in [1.29, 1.82) is 0 Å². The molecule has 0 spiro atoms. The van der Waals surface area contributed by atoms with Gasteiger partial charge in [0.1, 0.15) is 0 Å². The molecule has 1 aliphatic carbocycles. The van der Waals surface area contributed by atoms with Crippen LogP contribution in [0.5, 0.6) is 0 Å². The first-order valence-electron chi connectivity index (χ1n) is 7.53. The van der Waals surface area contributed by atoms with Crippen LogP contribution in [0.1, 0.15) is 39.5 Å². The third kappa shape index (κ3) is 3.29. The average Bonchev–Trinajstić information content (AvgIpc) is 2.87. The van der Waals surface area contributed by atoms with E-state index in [0.717, 1.165) is 11.8 Å². The van der Waals surface area contributed by atoms with Gasteiger partial charge in [0.25, 0.3) is 0 Å². The maximum Gasteiger partial charge on any atom is 0.310 e. The molecule has 4 unspecified atom stereocenters. The number of carboxylic acid groups (broad SMARTS) is 1. The summed E-state index contributed by atoms with van der Waals surface area (Å²) >= 11 is 0. The monoisotopic (exact) mass is 269 g/mol. The van der Waals surface area contributed by atoms with Crippen molar-refractivity contribution in [2.75, 3.05) is 20.3 Å². The number of aliphatic carboxylic acids is 1. The Hall–Kier alpha value is -0.610. The van der Waals surface area contributed by atoms with Crippen molar-refractivity contribution < 1.29 is 14.6 Å². The topological polar surface area (TPSA) is 49.8 Å². The second-order valence-electron chi connectivity index (χ2n) is 6.54. The van der Waals surface area contributed by atoms with Crippen LogP contribution in [-0.4, -0.2) is 48.3 Å². The molecule has 1 N–H and O–H groups in total. The molecule has 19 heavy (non-hydrogen) atoms. The Bertz CT molecular complexity index is 319. The highest BCUT2D eigenvalue weighted by Gasteiger charge is 2.40. The lowest BCUT2D eigenvalue weighted by atomic mass is 9.78. The molecule has 0 aromatic rings. The molecule has 1 heterocycles. The third-order valence-corrected chi connectivity index (χ3v) is 5.10. The van der Waals surface area contributed by atoms with Crippen LogP contribution in [0.4, 0.5) is 0 Å². The van der Waals surface area contributed by atoms with Gasteiger partial charge in [0.2, 0.25) is 0 Å². The Morgan fingerprint density at radius 3 is 2.68 bits per heavy atom. The van der Waals surface area contributed by atoms with Crippen molar-refractivity contribution in [3.8, 4) is 0 Å². The van der Waals surface area contributed by atoms with Gasteiger partial charge in [0.15, 0.2) is 0 Å². The molecule has 1 aliphatic heterocycles. The minimum atomic E-state index is -0.717. The molecule has 0 aromatic heterocycles. The fourth-order valence-electron chi connectivity index (χ4n) is 3.63. The van der Waals surface area contributed by atoms with E-state index in [1.807, 2.05) is 0 Å². The summed E-state index contributed by atoms with van der Waals surface area (Å²) in [5.74, 6) is 0.438. The molecule has 0 bridgehead atoms. The molecular formula is C15H27NO3. The Morgan fingerprint density at radius 2 is 2.05 bits per heavy atom. The van der Waals surface area contributed by atoms with Crippen molar-refractivity contribution in [1.82, 2.24) is 4.90 Å². The summed E-state index contributed by atoms with van der Waals surface area (Å²) in [6.45, 7) is 5.53. The van der Waals surface area contributed by atoms with Crippen LogP contribution in [0.2, 0.25) is 0 Å². The summed E-state index contributed by atoms with van der Waals surface area (Å²) in [4.78, 5) is 13.6. The highest BCUT2D eigenvalue weighted by Crippen LogP contribution is 2.34. The number of carboxylic acids is 1. The molecule has 0 amide bonds. The number of nitrogens with zero attached hydrogens (tertiary/aromatic N) is 1. The molecule has 2 aliphatic rings. The van der Waals surface area contributed by atoms with Crippen LogP contribution in [0.15, 0.2) is 0 Å². The standard InChI is InChI=1S/C15H27NO3/c1-10(2)11-5-4-6-12(7-11)16(3)14-9-19-8-13(14)15(17)18/h10-14H,4-9H2,1-3H3,(H,17,18). The van der Waals surface area contributed by atoms with Gasteiger partial charge in [-0.1, -0.05) is 26.7 Å². The molecule has 110 valence electrons. The van der Waals surface area contributed by atoms with Gasteiger partial charge in [0, 0.05) is 12.1 Å². The van der Waals surface area contributed by atoms with Gasteiger partial charge >= 0.3 is 5.97 Å². The minimum absolute atomic E-state index is 0.0495. The van der Waals surface area contributed by atoms with Crippen molar-refractivity contribution in [3.05, 3.63) is 0 Å². The van der Waals surface area contributed by atoms with E-state index < -0.39 is 5.97 Å². The molecule has 0 aromatic carbocycles. The predicted molar refractivity (Wildman–Crippen MR) is 74.1 cm³/mol. The highest BCUT2D eigenvalue weighted by molar-refractivity contribution is 5.71. The Balaban J connectivity index is 1.98. The molecule has 4 heteroatoms. The zero-order chi connectivity index (χ0) is 14.0. The Morgan fingerprint density at radius 1 is 1.32 bits per heavy atom. The maximum atomic E-state index is 11.3. The summed E-state index contributed by atoms with van der Waals surface area (Å²) in [5.41, 5.74) is 0. The van der Waals surface area contributed by atoms with Crippen molar-refractivity contribution in [3.63, 3.8) is 0 Å². The lowest BCUT2D eigenvalue weighted by Gasteiger charge is -2.40. The minimum Gasteiger partial charge on any atom is -0.481 e. The first-order valence-corrected chi connectivity index (χ1v) is 7.53. The van der Waals surface area contributed by atoms with Crippen LogP contribution in [0.3, 0.4) is 0 Å². The number of hydrogen-bond donors (Lipinski definition) is 1. The Labute approximate surface area is 116 Å². The van der Waals surface area contributed by atoms with E-state index in [1.165, 1.54) is 25.7 Å². The highest BCUT2D eigenvalue weighted by atomic mass is 16.5. The lowest BCUT2D eigenvalue weighted by molar-refractivity contribution is -0.143. The zero-order valence-corrected chi connectivity index (χ0v) is 12.3. The van der Waals surface area contributed by atoms with Crippen LogP contribution < -0.4 is 0 Å². The Kier molecular flexibility index (Phi) is 4.85. The summed E-state index contributed by atoms with van der Waals surface area (Å²) in [6, 6.07) is 0.572. The van der Waals surface area contributed by atoms with E-state index >= 15 is 0 Å². The first kappa shape index (κ1) is 14.8. The van der Waals surface area contributed by atoms with Gasteiger partial charge in [-0.05, 0) is 31.7 Å². The van der Waals surface area contributed by atoms with Crippen molar-refractivity contribution in [2.45, 2.75) is 51.6 Å². The molecule has 4 nitrogen and oxygen atoms in total. The van der Waals surface area contributed by atoms with E-state index in [2.05, 4.69) is 25.8 Å². The number of carbonyl (C=O) groups is 1. The second-order valence-corrected chi connectivity index (χ2v) is 6.54. The molecule has 1 saturated heterocycles. The largest absolute Gasteiger partial charge is 0.481 e. The van der Waals surface area contributed by atoms with Crippen molar-refractivity contribution >= 4 is 5.97 Å². The number of ether oxygens (including phenoxy) is 1. The van der Waals surface area contributed by atoms with Gasteiger partial charge in [-0.25, -0.2) is 0 Å². The number of likely N-dealkylation sites (N-methyl/N-ethyl adjacent to an activating group) is 1. The van der Waals surface area contributed by atoms with Crippen LogP contribution >= 0.6 is 0 Å². The van der Waals surface area contributed by atoms with Crippen LogP contribution in [0.25, 0.3) is 0 Å². The van der Waals surface area contributed by atoms with Gasteiger partial charge in [-0.2, -0.15) is 0 Å². The van der Waals surface area contributed by atoms with E-state index in [1.54, 1.807) is 0 Å². The lowest BCUT2D eigenvalue weighted by Crippen LogP contribution is -2.48. The molecule has 2 fully saturated rings. The summed E-state index contributed by atoms with van der Waals surface area (Å²) in [6.07, 6.45) is 4.99. The SMILES string of the molecule is CC(C)C1CCCC(N(C)C2COCC2C(=O)O)C1. The molecular weight excluding hydrogens is 242 g/mol. The van der Waals surface area contributed by atoms with E-state index in [-0.39, 0.29) is 12.0 Å². The molecule has 0 radical (unpaired) electrons.